The molecule has 2 bridgehead atoms. The van der Waals surface area contributed by atoms with E-state index < -0.39 is 47.6 Å². The first-order valence-electron chi connectivity index (χ1n) is 13.3. The summed E-state index contributed by atoms with van der Waals surface area (Å²) in [5, 5.41) is 13.7. The number of aliphatic hydroxyl groups excluding tert-OH is 1. The SMILES string of the molecule is COC1=C2CC(C)CC(OC)C(O)C(C)C=C(C)C(CC(N)=O)C(OC)C=CC=C(C)C(=O)NC(=CC1=O)C2=O. The summed E-state index contributed by atoms with van der Waals surface area (Å²) in [6.45, 7) is 7.15. The Morgan fingerprint density at radius 3 is 2.38 bits per heavy atom. The highest BCUT2D eigenvalue weighted by atomic mass is 16.5. The van der Waals surface area contributed by atoms with Gasteiger partial charge in [0, 0.05) is 49.7 Å². The fourth-order valence-corrected chi connectivity index (χ4v) is 5.09. The van der Waals surface area contributed by atoms with Crippen LogP contribution in [0.4, 0.5) is 0 Å². The molecule has 6 atom stereocenters. The minimum Gasteiger partial charge on any atom is -0.492 e. The number of amides is 2. The normalized spacial score (nSPS) is 29.4. The van der Waals surface area contributed by atoms with Crippen molar-refractivity contribution in [2.75, 3.05) is 21.3 Å². The van der Waals surface area contributed by atoms with Crippen LogP contribution in [0, 0.1) is 17.8 Å². The van der Waals surface area contributed by atoms with Crippen molar-refractivity contribution in [1.29, 1.82) is 0 Å². The van der Waals surface area contributed by atoms with Crippen molar-refractivity contribution in [2.45, 2.75) is 65.3 Å². The standard InChI is InChI=1S/C30H42N2O8/c1-16-11-21-28(36)22(15-23(33)29(21)40-7)32-30(37)17(2)9-8-10-24(38-5)20(14-26(31)34)18(3)13-19(4)27(35)25(12-16)39-6/h8-10,13,15-16,19-20,24-25,27,35H,11-12,14H2,1-7H3,(H2,31,34)(H,32,37). The van der Waals surface area contributed by atoms with Crippen molar-refractivity contribution >= 4 is 23.4 Å². The largest absolute Gasteiger partial charge is 0.492 e. The van der Waals surface area contributed by atoms with Gasteiger partial charge >= 0.3 is 0 Å². The van der Waals surface area contributed by atoms with Crippen molar-refractivity contribution in [3.63, 3.8) is 0 Å². The summed E-state index contributed by atoms with van der Waals surface area (Å²) in [7, 11) is 4.33. The molecule has 0 aromatic rings. The Bertz CT molecular complexity index is 1150. The van der Waals surface area contributed by atoms with Crippen LogP contribution in [0.3, 0.4) is 0 Å². The summed E-state index contributed by atoms with van der Waals surface area (Å²) >= 11 is 0. The molecule has 0 saturated heterocycles. The maximum atomic E-state index is 13.3. The lowest BCUT2D eigenvalue weighted by Gasteiger charge is -2.30. The number of ether oxygens (including phenoxy) is 3. The highest BCUT2D eigenvalue weighted by Gasteiger charge is 2.33. The van der Waals surface area contributed by atoms with E-state index in [2.05, 4.69) is 5.32 Å². The number of hydrogen-bond donors (Lipinski definition) is 3. The number of primary amides is 1. The number of allylic oxidation sites excluding steroid dienone is 4. The van der Waals surface area contributed by atoms with Gasteiger partial charge in [0.05, 0.1) is 31.1 Å². The van der Waals surface area contributed by atoms with E-state index in [-0.39, 0.29) is 47.3 Å². The minimum absolute atomic E-state index is 0.0170. The lowest BCUT2D eigenvalue weighted by Crippen LogP contribution is -2.36. The number of aliphatic hydroxyl groups is 1. The number of nitrogens with two attached hydrogens (primary N) is 1. The lowest BCUT2D eigenvalue weighted by atomic mass is 9.84. The van der Waals surface area contributed by atoms with Gasteiger partial charge in [-0.15, -0.1) is 0 Å². The molecule has 10 nitrogen and oxygen atoms in total. The van der Waals surface area contributed by atoms with Gasteiger partial charge in [0.25, 0.3) is 5.91 Å². The molecule has 1 aliphatic heterocycles. The van der Waals surface area contributed by atoms with Gasteiger partial charge < -0.3 is 30.4 Å². The average molecular weight is 559 g/mol. The summed E-state index contributed by atoms with van der Waals surface area (Å²) in [6, 6.07) is 0. The Hall–Kier alpha value is -3.34. The smallest absolute Gasteiger partial charge is 0.251 e. The zero-order valence-corrected chi connectivity index (χ0v) is 24.4. The van der Waals surface area contributed by atoms with E-state index in [9.17, 15) is 24.3 Å². The van der Waals surface area contributed by atoms with Gasteiger partial charge in [0.2, 0.25) is 17.5 Å². The van der Waals surface area contributed by atoms with Crippen LogP contribution in [0.2, 0.25) is 0 Å². The summed E-state index contributed by atoms with van der Waals surface area (Å²) < 4.78 is 16.6. The fourth-order valence-electron chi connectivity index (χ4n) is 5.09. The molecular weight excluding hydrogens is 516 g/mol. The molecule has 40 heavy (non-hydrogen) atoms. The highest BCUT2D eigenvalue weighted by molar-refractivity contribution is 6.23. The van der Waals surface area contributed by atoms with Gasteiger partial charge in [-0.3, -0.25) is 19.2 Å². The molecule has 0 aromatic heterocycles. The second kappa shape index (κ2) is 14.9. The van der Waals surface area contributed by atoms with Crippen molar-refractivity contribution < 1.29 is 38.5 Å². The molecule has 4 N–H and O–H groups in total. The van der Waals surface area contributed by atoms with Crippen LogP contribution in [0.25, 0.3) is 0 Å². The summed E-state index contributed by atoms with van der Waals surface area (Å²) in [6.07, 6.45) is 6.32. The molecule has 2 amide bonds. The number of rotatable bonds is 5. The van der Waals surface area contributed by atoms with Crippen LogP contribution in [0.5, 0.6) is 0 Å². The van der Waals surface area contributed by atoms with E-state index in [1.165, 1.54) is 21.3 Å². The van der Waals surface area contributed by atoms with Crippen molar-refractivity contribution in [2.24, 2.45) is 23.5 Å². The van der Waals surface area contributed by atoms with E-state index in [1.807, 2.05) is 26.8 Å². The predicted molar refractivity (Wildman–Crippen MR) is 149 cm³/mol. The summed E-state index contributed by atoms with van der Waals surface area (Å²) in [5.74, 6) is -3.12. The second-order valence-electron chi connectivity index (χ2n) is 10.5. The number of ketones is 2. The van der Waals surface area contributed by atoms with E-state index in [0.29, 0.717) is 6.42 Å². The molecule has 220 valence electrons. The number of fused-ring (bicyclic) bond motifs is 2. The first-order chi connectivity index (χ1) is 18.8. The molecule has 6 unspecified atom stereocenters. The Morgan fingerprint density at radius 1 is 1.12 bits per heavy atom. The fraction of sp³-hybridized carbons (Fsp3) is 0.533. The number of nitrogens with one attached hydrogen (secondary N) is 1. The third-order valence-corrected chi connectivity index (χ3v) is 7.36. The maximum Gasteiger partial charge on any atom is 0.251 e. The van der Waals surface area contributed by atoms with E-state index in [4.69, 9.17) is 19.9 Å². The van der Waals surface area contributed by atoms with E-state index in [0.717, 1.165) is 11.6 Å². The quantitative estimate of drug-likeness (QED) is 0.343. The monoisotopic (exact) mass is 558 g/mol. The molecule has 0 spiro atoms. The topological polar surface area (TPSA) is 154 Å². The van der Waals surface area contributed by atoms with Gasteiger partial charge in [-0.2, -0.15) is 0 Å². The molecule has 1 heterocycles. The second-order valence-corrected chi connectivity index (χ2v) is 10.5. The first-order valence-corrected chi connectivity index (χ1v) is 13.3. The minimum atomic E-state index is -0.907. The van der Waals surface area contributed by atoms with Gasteiger partial charge in [-0.1, -0.05) is 43.7 Å². The Kier molecular flexibility index (Phi) is 12.2. The van der Waals surface area contributed by atoms with Gasteiger partial charge in [-0.05, 0) is 32.6 Å². The number of carbonyl (C=O) groups excluding carboxylic acids is 4. The van der Waals surface area contributed by atoms with Crippen molar-refractivity contribution in [3.8, 4) is 0 Å². The molecule has 10 heteroatoms. The van der Waals surface area contributed by atoms with Crippen LogP contribution in [-0.4, -0.2) is 68.1 Å². The molecule has 0 fully saturated rings. The average Bonchev–Trinajstić information content (AvgIpc) is 2.90. The Balaban J connectivity index is 2.60. The van der Waals surface area contributed by atoms with Gasteiger partial charge in [0.15, 0.2) is 5.76 Å². The lowest BCUT2D eigenvalue weighted by molar-refractivity contribution is -0.121. The molecule has 0 aromatic carbocycles. The number of carbonyl (C=O) groups is 4. The third kappa shape index (κ3) is 8.33. The molecule has 2 aliphatic rings. The van der Waals surface area contributed by atoms with Crippen LogP contribution < -0.4 is 11.1 Å². The van der Waals surface area contributed by atoms with Crippen LogP contribution in [-0.2, 0) is 33.4 Å². The number of methoxy groups -OCH3 is 3. The molecule has 0 radical (unpaired) electrons. The first kappa shape index (κ1) is 32.9. The predicted octanol–water partition coefficient (Wildman–Crippen LogP) is 2.44. The Labute approximate surface area is 236 Å². The maximum absolute atomic E-state index is 13.3. The zero-order chi connectivity index (χ0) is 30.1. The number of hydrogen-bond acceptors (Lipinski definition) is 8. The van der Waals surface area contributed by atoms with Gasteiger partial charge in [0.1, 0.15) is 0 Å². The summed E-state index contributed by atoms with van der Waals surface area (Å²) in [5.41, 5.74) is 6.64. The summed E-state index contributed by atoms with van der Waals surface area (Å²) in [4.78, 5) is 50.9. The van der Waals surface area contributed by atoms with Gasteiger partial charge in [-0.25, -0.2) is 0 Å². The third-order valence-electron chi connectivity index (χ3n) is 7.36. The highest BCUT2D eigenvalue weighted by Crippen LogP contribution is 2.30. The van der Waals surface area contributed by atoms with Crippen LogP contribution >= 0.6 is 0 Å². The molecule has 2 rings (SSSR count). The molecular formula is C30H42N2O8. The molecule has 0 saturated carbocycles. The van der Waals surface area contributed by atoms with E-state index in [1.54, 1.807) is 25.2 Å². The Morgan fingerprint density at radius 2 is 1.80 bits per heavy atom. The zero-order valence-electron chi connectivity index (χ0n) is 24.4. The van der Waals surface area contributed by atoms with E-state index >= 15 is 0 Å². The number of Topliss-reactive ketones (excluding diaryl/α,β-unsaturated/α-hetero) is 1. The van der Waals surface area contributed by atoms with Crippen molar-refractivity contribution in [3.05, 3.63) is 58.6 Å². The van der Waals surface area contributed by atoms with Crippen LogP contribution in [0.15, 0.2) is 58.6 Å². The van der Waals surface area contributed by atoms with Crippen molar-refractivity contribution in [1.82, 2.24) is 5.32 Å². The van der Waals surface area contributed by atoms with Crippen LogP contribution in [0.1, 0.15) is 47.0 Å². The molecule has 1 aliphatic carbocycles.